The monoisotopic (exact) mass is 295 g/mol. The van der Waals surface area contributed by atoms with Crippen molar-refractivity contribution in [1.82, 2.24) is 5.32 Å². The van der Waals surface area contributed by atoms with Crippen LogP contribution in [0.1, 0.15) is 33.3 Å². The Morgan fingerprint density at radius 2 is 2.00 bits per heavy atom. The van der Waals surface area contributed by atoms with Gasteiger partial charge in [0.05, 0.1) is 4.88 Å². The van der Waals surface area contributed by atoms with Gasteiger partial charge in [-0.05, 0) is 41.7 Å². The Labute approximate surface area is 120 Å². The molecule has 1 amide bonds. The number of rotatable bonds is 7. The Hall–Kier alpha value is -1.17. The maximum absolute atomic E-state index is 11.8. The SMILES string of the molecule is O=C(NCC[C@@H](CCO)c1cccs1)c1cccs1. The first-order chi connectivity index (χ1) is 9.31. The van der Waals surface area contributed by atoms with E-state index >= 15 is 0 Å². The zero-order valence-electron chi connectivity index (χ0n) is 10.5. The standard InChI is InChI=1S/C14H17NO2S2/c16-8-6-11(12-3-1-9-18-12)5-7-15-14(17)13-4-2-10-19-13/h1-4,9-11,16H,5-8H2,(H,15,17)/t11-/m0/s1. The second kappa shape index (κ2) is 7.43. The van der Waals surface area contributed by atoms with Crippen LogP contribution >= 0.6 is 22.7 Å². The number of nitrogens with one attached hydrogen (secondary N) is 1. The average molecular weight is 295 g/mol. The summed E-state index contributed by atoms with van der Waals surface area (Å²) in [6, 6.07) is 7.81. The highest BCUT2D eigenvalue weighted by Gasteiger charge is 2.13. The highest BCUT2D eigenvalue weighted by Crippen LogP contribution is 2.26. The van der Waals surface area contributed by atoms with Crippen molar-refractivity contribution in [3.05, 3.63) is 44.8 Å². The third-order valence-electron chi connectivity index (χ3n) is 2.95. The van der Waals surface area contributed by atoms with Gasteiger partial charge in [-0.3, -0.25) is 4.79 Å². The first-order valence-electron chi connectivity index (χ1n) is 6.27. The summed E-state index contributed by atoms with van der Waals surface area (Å²) in [7, 11) is 0. The number of thiophene rings is 2. The summed E-state index contributed by atoms with van der Waals surface area (Å²) in [5, 5.41) is 16.0. The Morgan fingerprint density at radius 1 is 1.21 bits per heavy atom. The maximum atomic E-state index is 11.8. The fourth-order valence-electron chi connectivity index (χ4n) is 1.96. The van der Waals surface area contributed by atoms with E-state index < -0.39 is 0 Å². The fourth-order valence-corrected chi connectivity index (χ4v) is 3.50. The molecule has 0 saturated carbocycles. The number of carbonyl (C=O) groups is 1. The molecule has 0 spiro atoms. The predicted octanol–water partition coefficient (Wildman–Crippen LogP) is 3.10. The quantitative estimate of drug-likeness (QED) is 0.824. The number of hydrogen-bond donors (Lipinski definition) is 2. The van der Waals surface area contributed by atoms with Crippen molar-refractivity contribution >= 4 is 28.6 Å². The van der Waals surface area contributed by atoms with E-state index in [0.717, 1.165) is 17.7 Å². The second-order valence-corrected chi connectivity index (χ2v) is 6.17. The fraction of sp³-hybridized carbons (Fsp3) is 0.357. The van der Waals surface area contributed by atoms with E-state index in [9.17, 15) is 4.79 Å². The van der Waals surface area contributed by atoms with Crippen LogP contribution in [0.25, 0.3) is 0 Å². The molecular weight excluding hydrogens is 278 g/mol. The summed E-state index contributed by atoms with van der Waals surface area (Å²) < 4.78 is 0. The first kappa shape index (κ1) is 14.2. The second-order valence-electron chi connectivity index (χ2n) is 4.25. The Morgan fingerprint density at radius 3 is 2.63 bits per heavy atom. The van der Waals surface area contributed by atoms with E-state index in [1.54, 1.807) is 11.3 Å². The number of hydrogen-bond acceptors (Lipinski definition) is 4. The summed E-state index contributed by atoms with van der Waals surface area (Å²) in [4.78, 5) is 13.8. The lowest BCUT2D eigenvalue weighted by molar-refractivity contribution is 0.0956. The van der Waals surface area contributed by atoms with E-state index in [2.05, 4.69) is 11.4 Å². The molecule has 0 unspecified atom stereocenters. The lowest BCUT2D eigenvalue weighted by Crippen LogP contribution is -2.24. The van der Waals surface area contributed by atoms with Crippen molar-refractivity contribution in [2.45, 2.75) is 18.8 Å². The van der Waals surface area contributed by atoms with E-state index in [0.29, 0.717) is 12.5 Å². The summed E-state index contributed by atoms with van der Waals surface area (Å²) in [6.45, 7) is 0.820. The zero-order valence-corrected chi connectivity index (χ0v) is 12.2. The minimum absolute atomic E-state index is 0.0103. The molecule has 3 nitrogen and oxygen atoms in total. The lowest BCUT2D eigenvalue weighted by atomic mass is 10.00. The highest BCUT2D eigenvalue weighted by molar-refractivity contribution is 7.12. The van der Waals surface area contributed by atoms with Gasteiger partial charge in [-0.1, -0.05) is 12.1 Å². The van der Waals surface area contributed by atoms with Gasteiger partial charge in [0.15, 0.2) is 0 Å². The molecule has 1 atom stereocenters. The van der Waals surface area contributed by atoms with Crippen LogP contribution in [-0.4, -0.2) is 24.2 Å². The highest BCUT2D eigenvalue weighted by atomic mass is 32.1. The van der Waals surface area contributed by atoms with Crippen LogP contribution in [0.3, 0.4) is 0 Å². The van der Waals surface area contributed by atoms with Gasteiger partial charge < -0.3 is 10.4 Å². The van der Waals surface area contributed by atoms with Gasteiger partial charge in [0, 0.05) is 18.0 Å². The van der Waals surface area contributed by atoms with Gasteiger partial charge in [-0.15, -0.1) is 22.7 Å². The molecule has 0 aromatic carbocycles. The van der Waals surface area contributed by atoms with Gasteiger partial charge in [0.1, 0.15) is 0 Å². The van der Waals surface area contributed by atoms with E-state index in [1.165, 1.54) is 16.2 Å². The topological polar surface area (TPSA) is 49.3 Å². The van der Waals surface area contributed by atoms with Crippen LogP contribution in [-0.2, 0) is 0 Å². The molecule has 2 heterocycles. The molecule has 102 valence electrons. The van der Waals surface area contributed by atoms with Crippen molar-refractivity contribution in [2.24, 2.45) is 0 Å². The van der Waals surface area contributed by atoms with Gasteiger partial charge in [-0.25, -0.2) is 0 Å². The molecule has 19 heavy (non-hydrogen) atoms. The lowest BCUT2D eigenvalue weighted by Gasteiger charge is -2.14. The molecular formula is C14H17NO2S2. The molecule has 0 aliphatic carbocycles. The van der Waals surface area contributed by atoms with Crippen LogP contribution in [0.4, 0.5) is 0 Å². The third kappa shape index (κ3) is 4.16. The van der Waals surface area contributed by atoms with Crippen molar-refractivity contribution in [2.75, 3.05) is 13.2 Å². The van der Waals surface area contributed by atoms with Gasteiger partial charge >= 0.3 is 0 Å². The average Bonchev–Trinajstić information content (AvgIpc) is 3.10. The smallest absolute Gasteiger partial charge is 0.261 e. The third-order valence-corrected chi connectivity index (χ3v) is 4.85. The van der Waals surface area contributed by atoms with Crippen LogP contribution in [0.15, 0.2) is 35.0 Å². The van der Waals surface area contributed by atoms with Gasteiger partial charge in [0.25, 0.3) is 5.91 Å². The summed E-state index contributed by atoms with van der Waals surface area (Å²) in [5.74, 6) is 0.317. The van der Waals surface area contributed by atoms with E-state index in [1.807, 2.05) is 29.0 Å². The Bertz CT molecular complexity index is 480. The number of amides is 1. The molecule has 0 radical (unpaired) electrons. The molecule has 2 aromatic rings. The summed E-state index contributed by atoms with van der Waals surface area (Å²) in [6.07, 6.45) is 1.60. The minimum atomic E-state index is -0.0103. The van der Waals surface area contributed by atoms with Crippen LogP contribution in [0.5, 0.6) is 0 Å². The van der Waals surface area contributed by atoms with E-state index in [4.69, 9.17) is 5.11 Å². The van der Waals surface area contributed by atoms with Crippen LogP contribution in [0.2, 0.25) is 0 Å². The molecule has 2 rings (SSSR count). The molecule has 0 aliphatic heterocycles. The minimum Gasteiger partial charge on any atom is -0.396 e. The molecule has 0 aliphatic rings. The Kier molecular flexibility index (Phi) is 5.57. The number of aliphatic hydroxyl groups excluding tert-OH is 1. The number of carbonyl (C=O) groups excluding carboxylic acids is 1. The predicted molar refractivity (Wildman–Crippen MR) is 80.0 cm³/mol. The van der Waals surface area contributed by atoms with Crippen molar-refractivity contribution < 1.29 is 9.90 Å². The maximum Gasteiger partial charge on any atom is 0.261 e. The summed E-state index contributed by atoms with van der Waals surface area (Å²) in [5.41, 5.74) is 0. The van der Waals surface area contributed by atoms with Gasteiger partial charge in [0.2, 0.25) is 0 Å². The molecule has 0 fully saturated rings. The summed E-state index contributed by atoms with van der Waals surface area (Å²) >= 11 is 3.15. The largest absolute Gasteiger partial charge is 0.396 e. The van der Waals surface area contributed by atoms with Crippen molar-refractivity contribution in [3.8, 4) is 0 Å². The van der Waals surface area contributed by atoms with Crippen molar-refractivity contribution in [1.29, 1.82) is 0 Å². The molecule has 2 aromatic heterocycles. The van der Waals surface area contributed by atoms with Crippen molar-refractivity contribution in [3.63, 3.8) is 0 Å². The normalized spacial score (nSPS) is 12.3. The number of aliphatic hydroxyl groups is 1. The Balaban J connectivity index is 1.81. The first-order valence-corrected chi connectivity index (χ1v) is 8.03. The van der Waals surface area contributed by atoms with E-state index in [-0.39, 0.29) is 12.5 Å². The van der Waals surface area contributed by atoms with Crippen LogP contribution < -0.4 is 5.32 Å². The molecule has 0 saturated heterocycles. The molecule has 0 bridgehead atoms. The molecule has 2 N–H and O–H groups in total. The molecule has 5 heteroatoms. The van der Waals surface area contributed by atoms with Gasteiger partial charge in [-0.2, -0.15) is 0 Å². The zero-order chi connectivity index (χ0) is 13.5. The van der Waals surface area contributed by atoms with Crippen LogP contribution in [0, 0.1) is 0 Å².